The minimum atomic E-state index is -0.0928. The van der Waals surface area contributed by atoms with Crippen LogP contribution in [0.1, 0.15) is 120 Å². The van der Waals surface area contributed by atoms with Crippen LogP contribution in [0.4, 0.5) is 0 Å². The molecule has 0 saturated carbocycles. The number of nitrogens with one attached hydrogen (secondary N) is 2. The Bertz CT molecular complexity index is 599. The van der Waals surface area contributed by atoms with Gasteiger partial charge in [0.25, 0.3) is 0 Å². The third-order valence-corrected chi connectivity index (χ3v) is 5.60. The normalized spacial score (nSPS) is 11.0. The number of ketones is 1. The van der Waals surface area contributed by atoms with E-state index < -0.39 is 0 Å². The van der Waals surface area contributed by atoms with Crippen LogP contribution >= 0.6 is 0 Å². The Labute approximate surface area is 190 Å². The molecule has 31 heavy (non-hydrogen) atoms. The van der Waals surface area contributed by atoms with E-state index in [9.17, 15) is 9.59 Å². The van der Waals surface area contributed by atoms with Gasteiger partial charge in [-0.25, -0.2) is 0 Å². The molecule has 0 aliphatic heterocycles. The zero-order chi connectivity index (χ0) is 22.4. The predicted molar refractivity (Wildman–Crippen MR) is 131 cm³/mol. The summed E-state index contributed by atoms with van der Waals surface area (Å²) in [6, 6.07) is 9.06. The summed E-state index contributed by atoms with van der Waals surface area (Å²) in [6.45, 7) is 2.27. The summed E-state index contributed by atoms with van der Waals surface area (Å²) in [5, 5.41) is 0. The molecule has 1 aromatic rings. The second kappa shape index (κ2) is 19.8. The number of carbonyl (C=O) groups is 2. The standard InChI is InChI=1S/C27H44N2O2/c1-2-3-4-5-6-7-8-9-10-11-12-13-14-15-19-22-27(31)29-28-24-23-26(30)25-20-17-16-18-21-25/h16-18,20-21,23-24,28H,2-15,19,22H2,1H3,(H,29,31)/b24-23+. The summed E-state index contributed by atoms with van der Waals surface area (Å²) in [4.78, 5) is 23.7. The predicted octanol–water partition coefficient (Wildman–Crippen LogP) is 7.27. The van der Waals surface area contributed by atoms with Crippen molar-refractivity contribution < 1.29 is 9.59 Å². The topological polar surface area (TPSA) is 58.2 Å². The Morgan fingerprint density at radius 3 is 1.71 bits per heavy atom. The van der Waals surface area contributed by atoms with Gasteiger partial charge in [0.1, 0.15) is 0 Å². The monoisotopic (exact) mass is 428 g/mol. The number of amides is 1. The number of hydrazine groups is 1. The summed E-state index contributed by atoms with van der Waals surface area (Å²) < 4.78 is 0. The summed E-state index contributed by atoms with van der Waals surface area (Å²) in [5.74, 6) is -0.128. The highest BCUT2D eigenvalue weighted by atomic mass is 16.2. The molecule has 1 aromatic carbocycles. The molecule has 0 heterocycles. The van der Waals surface area contributed by atoms with Crippen LogP contribution in [-0.4, -0.2) is 11.7 Å². The first-order chi connectivity index (χ1) is 15.2. The molecule has 4 heteroatoms. The van der Waals surface area contributed by atoms with Gasteiger partial charge in [-0.05, 0) is 6.42 Å². The van der Waals surface area contributed by atoms with Crippen molar-refractivity contribution in [3.63, 3.8) is 0 Å². The molecule has 0 aromatic heterocycles. The van der Waals surface area contributed by atoms with Crippen molar-refractivity contribution >= 4 is 11.7 Å². The van der Waals surface area contributed by atoms with Gasteiger partial charge in [-0.3, -0.25) is 15.0 Å². The lowest BCUT2D eigenvalue weighted by molar-refractivity contribution is -0.121. The molecule has 0 aliphatic rings. The number of hydrogen-bond donors (Lipinski definition) is 2. The second-order valence-corrected chi connectivity index (χ2v) is 8.46. The largest absolute Gasteiger partial charge is 0.306 e. The van der Waals surface area contributed by atoms with Gasteiger partial charge in [-0.2, -0.15) is 0 Å². The molecular formula is C27H44N2O2. The molecule has 0 spiro atoms. The van der Waals surface area contributed by atoms with Gasteiger partial charge < -0.3 is 5.43 Å². The first-order valence-electron chi connectivity index (χ1n) is 12.5. The van der Waals surface area contributed by atoms with Crippen molar-refractivity contribution in [2.45, 2.75) is 110 Å². The minimum absolute atomic E-state index is 0.0356. The van der Waals surface area contributed by atoms with E-state index in [0.29, 0.717) is 12.0 Å². The summed E-state index contributed by atoms with van der Waals surface area (Å²) in [6.07, 6.45) is 23.2. The van der Waals surface area contributed by atoms with Crippen LogP contribution in [0.3, 0.4) is 0 Å². The average molecular weight is 429 g/mol. The second-order valence-electron chi connectivity index (χ2n) is 8.46. The van der Waals surface area contributed by atoms with Gasteiger partial charge in [0.15, 0.2) is 5.78 Å². The maximum Gasteiger partial charge on any atom is 0.238 e. The first kappa shape index (κ1) is 26.9. The number of hydrogen-bond acceptors (Lipinski definition) is 3. The van der Waals surface area contributed by atoms with Crippen molar-refractivity contribution in [3.05, 3.63) is 48.2 Å². The van der Waals surface area contributed by atoms with Crippen LogP contribution in [0.25, 0.3) is 0 Å². The molecule has 2 N–H and O–H groups in total. The average Bonchev–Trinajstić information content (AvgIpc) is 2.79. The Morgan fingerprint density at radius 2 is 1.19 bits per heavy atom. The smallest absolute Gasteiger partial charge is 0.238 e. The van der Waals surface area contributed by atoms with Crippen LogP contribution in [-0.2, 0) is 4.79 Å². The van der Waals surface area contributed by atoms with Gasteiger partial charge in [0, 0.05) is 24.3 Å². The zero-order valence-corrected chi connectivity index (χ0v) is 19.7. The molecular weight excluding hydrogens is 384 g/mol. The van der Waals surface area contributed by atoms with E-state index in [4.69, 9.17) is 0 Å². The maximum atomic E-state index is 11.9. The van der Waals surface area contributed by atoms with E-state index in [0.717, 1.165) is 12.8 Å². The molecule has 0 aliphatic carbocycles. The molecule has 0 atom stereocenters. The van der Waals surface area contributed by atoms with Crippen LogP contribution in [0.2, 0.25) is 0 Å². The van der Waals surface area contributed by atoms with Crippen LogP contribution in [0, 0.1) is 0 Å². The molecule has 0 radical (unpaired) electrons. The zero-order valence-electron chi connectivity index (χ0n) is 19.7. The van der Waals surface area contributed by atoms with Gasteiger partial charge in [-0.15, -0.1) is 0 Å². The lowest BCUT2D eigenvalue weighted by Gasteiger charge is -2.05. The fourth-order valence-corrected chi connectivity index (χ4v) is 3.66. The lowest BCUT2D eigenvalue weighted by Crippen LogP contribution is -2.33. The highest BCUT2D eigenvalue weighted by Gasteiger charge is 2.01. The van der Waals surface area contributed by atoms with Gasteiger partial charge in [0.05, 0.1) is 0 Å². The molecule has 1 rings (SSSR count). The minimum Gasteiger partial charge on any atom is -0.306 e. The number of unbranched alkanes of at least 4 members (excludes halogenated alkanes) is 14. The van der Waals surface area contributed by atoms with E-state index in [1.807, 2.05) is 18.2 Å². The van der Waals surface area contributed by atoms with Gasteiger partial charge in [-0.1, -0.05) is 127 Å². The van der Waals surface area contributed by atoms with E-state index in [1.54, 1.807) is 12.1 Å². The van der Waals surface area contributed by atoms with Crippen molar-refractivity contribution in [2.24, 2.45) is 0 Å². The Morgan fingerprint density at radius 1 is 0.710 bits per heavy atom. The molecule has 0 fully saturated rings. The third-order valence-electron chi connectivity index (χ3n) is 5.60. The lowest BCUT2D eigenvalue weighted by atomic mass is 10.0. The van der Waals surface area contributed by atoms with Crippen molar-refractivity contribution in [3.8, 4) is 0 Å². The Kier molecular flexibility index (Phi) is 17.2. The molecule has 1 amide bonds. The number of carbonyl (C=O) groups excluding carboxylic acids is 2. The van der Waals surface area contributed by atoms with Crippen LogP contribution < -0.4 is 10.9 Å². The number of benzene rings is 1. The Hall–Kier alpha value is -2.10. The van der Waals surface area contributed by atoms with Crippen LogP contribution in [0.15, 0.2) is 42.6 Å². The fraction of sp³-hybridized carbons (Fsp3) is 0.630. The third kappa shape index (κ3) is 16.3. The van der Waals surface area contributed by atoms with E-state index >= 15 is 0 Å². The van der Waals surface area contributed by atoms with Gasteiger partial charge >= 0.3 is 0 Å². The van der Waals surface area contributed by atoms with Crippen molar-refractivity contribution in [1.82, 2.24) is 10.9 Å². The summed E-state index contributed by atoms with van der Waals surface area (Å²) >= 11 is 0. The Balaban J connectivity index is 1.84. The molecule has 0 saturated heterocycles. The van der Waals surface area contributed by atoms with E-state index in [2.05, 4.69) is 17.8 Å². The van der Waals surface area contributed by atoms with Crippen LogP contribution in [0.5, 0.6) is 0 Å². The van der Waals surface area contributed by atoms with Crippen molar-refractivity contribution in [2.75, 3.05) is 0 Å². The summed E-state index contributed by atoms with van der Waals surface area (Å²) in [7, 11) is 0. The molecule has 0 bridgehead atoms. The SMILES string of the molecule is CCCCCCCCCCCCCCCCCC(=O)NN/C=C/C(=O)c1ccccc1. The summed E-state index contributed by atoms with van der Waals surface area (Å²) in [5.41, 5.74) is 5.93. The molecule has 174 valence electrons. The highest BCUT2D eigenvalue weighted by molar-refractivity contribution is 6.04. The maximum absolute atomic E-state index is 11.9. The van der Waals surface area contributed by atoms with E-state index in [1.165, 1.54) is 95.7 Å². The highest BCUT2D eigenvalue weighted by Crippen LogP contribution is 2.13. The first-order valence-corrected chi connectivity index (χ1v) is 12.5. The molecule has 4 nitrogen and oxygen atoms in total. The quantitative estimate of drug-likeness (QED) is 0.0994. The van der Waals surface area contributed by atoms with E-state index in [-0.39, 0.29) is 11.7 Å². The van der Waals surface area contributed by atoms with Gasteiger partial charge in [0.2, 0.25) is 5.91 Å². The number of rotatable bonds is 20. The number of allylic oxidation sites excluding steroid dienone is 1. The molecule has 0 unspecified atom stereocenters. The van der Waals surface area contributed by atoms with Crippen molar-refractivity contribution in [1.29, 1.82) is 0 Å². The fourth-order valence-electron chi connectivity index (χ4n) is 3.66.